The Kier molecular flexibility index (Phi) is 1.81. The Morgan fingerprint density at radius 3 is 2.92 bits per heavy atom. The first-order chi connectivity index (χ1) is 6.12. The van der Waals surface area contributed by atoms with E-state index in [9.17, 15) is 0 Å². The largest absolute Gasteiger partial charge is 0.487 e. The standard InChI is InChI=1S/C11H14O2/c1-11(2)6-8-4-3-5-9(7-12)10(8)13-11/h3-5,12H,6-7H2,1-2H3. The van der Waals surface area contributed by atoms with E-state index in [1.54, 1.807) is 0 Å². The van der Waals surface area contributed by atoms with Crippen molar-refractivity contribution in [3.63, 3.8) is 0 Å². The lowest BCUT2D eigenvalue weighted by Crippen LogP contribution is -2.24. The smallest absolute Gasteiger partial charge is 0.128 e. The van der Waals surface area contributed by atoms with E-state index in [1.807, 2.05) is 12.1 Å². The van der Waals surface area contributed by atoms with Crippen molar-refractivity contribution in [2.45, 2.75) is 32.5 Å². The van der Waals surface area contributed by atoms with Crippen LogP contribution in [0, 0.1) is 0 Å². The molecular weight excluding hydrogens is 164 g/mol. The zero-order valence-electron chi connectivity index (χ0n) is 8.00. The molecule has 0 aromatic heterocycles. The zero-order chi connectivity index (χ0) is 9.47. The van der Waals surface area contributed by atoms with Crippen LogP contribution in [0.2, 0.25) is 0 Å². The van der Waals surface area contributed by atoms with Crippen LogP contribution < -0.4 is 4.74 Å². The predicted molar refractivity (Wildman–Crippen MR) is 50.8 cm³/mol. The van der Waals surface area contributed by atoms with Gasteiger partial charge in [0.1, 0.15) is 11.4 Å². The summed E-state index contributed by atoms with van der Waals surface area (Å²) < 4.78 is 5.76. The monoisotopic (exact) mass is 178 g/mol. The maximum atomic E-state index is 9.09. The SMILES string of the molecule is CC1(C)Cc2cccc(CO)c2O1. The number of aliphatic hydroxyl groups excluding tert-OH is 1. The number of hydrogen-bond acceptors (Lipinski definition) is 2. The van der Waals surface area contributed by atoms with Gasteiger partial charge < -0.3 is 9.84 Å². The fourth-order valence-electron chi connectivity index (χ4n) is 1.80. The Morgan fingerprint density at radius 1 is 1.46 bits per heavy atom. The van der Waals surface area contributed by atoms with Gasteiger partial charge in [0.05, 0.1) is 6.61 Å². The van der Waals surface area contributed by atoms with Crippen molar-refractivity contribution in [3.8, 4) is 5.75 Å². The van der Waals surface area contributed by atoms with Crippen LogP contribution in [0.4, 0.5) is 0 Å². The second-order valence-corrected chi connectivity index (χ2v) is 4.10. The minimum absolute atomic E-state index is 0.0548. The van der Waals surface area contributed by atoms with E-state index in [1.165, 1.54) is 5.56 Å². The summed E-state index contributed by atoms with van der Waals surface area (Å²) in [6, 6.07) is 5.93. The molecule has 1 N–H and O–H groups in total. The van der Waals surface area contributed by atoms with Gasteiger partial charge in [0.25, 0.3) is 0 Å². The van der Waals surface area contributed by atoms with Crippen LogP contribution in [0.5, 0.6) is 5.75 Å². The zero-order valence-corrected chi connectivity index (χ0v) is 8.00. The fraction of sp³-hybridized carbons (Fsp3) is 0.455. The van der Waals surface area contributed by atoms with Gasteiger partial charge in [-0.1, -0.05) is 18.2 Å². The number of ether oxygens (including phenoxy) is 1. The molecular formula is C11H14O2. The molecule has 0 unspecified atom stereocenters. The summed E-state index contributed by atoms with van der Waals surface area (Å²) in [5, 5.41) is 9.09. The summed E-state index contributed by atoms with van der Waals surface area (Å²) >= 11 is 0. The molecule has 0 fully saturated rings. The summed E-state index contributed by atoms with van der Waals surface area (Å²) in [6.45, 7) is 4.18. The Labute approximate surface area is 78.2 Å². The van der Waals surface area contributed by atoms with E-state index in [0.717, 1.165) is 17.7 Å². The van der Waals surface area contributed by atoms with Crippen molar-refractivity contribution in [3.05, 3.63) is 29.3 Å². The summed E-state index contributed by atoms with van der Waals surface area (Å²) in [5.41, 5.74) is 1.98. The number of fused-ring (bicyclic) bond motifs is 1. The van der Waals surface area contributed by atoms with E-state index in [4.69, 9.17) is 9.84 Å². The van der Waals surface area contributed by atoms with Crippen LogP contribution in [-0.4, -0.2) is 10.7 Å². The van der Waals surface area contributed by atoms with Gasteiger partial charge in [-0.05, 0) is 19.4 Å². The molecule has 0 radical (unpaired) electrons. The summed E-state index contributed by atoms with van der Waals surface area (Å²) in [6.07, 6.45) is 0.927. The molecule has 0 bridgehead atoms. The third kappa shape index (κ3) is 1.42. The van der Waals surface area contributed by atoms with Gasteiger partial charge in [0, 0.05) is 12.0 Å². The second kappa shape index (κ2) is 2.74. The van der Waals surface area contributed by atoms with Crippen LogP contribution in [0.3, 0.4) is 0 Å². The fourth-order valence-corrected chi connectivity index (χ4v) is 1.80. The average Bonchev–Trinajstić information content (AvgIpc) is 2.37. The molecule has 1 aromatic rings. The van der Waals surface area contributed by atoms with Crippen LogP contribution in [0.15, 0.2) is 18.2 Å². The maximum Gasteiger partial charge on any atom is 0.128 e. The van der Waals surface area contributed by atoms with E-state index in [-0.39, 0.29) is 12.2 Å². The lowest BCUT2D eigenvalue weighted by Gasteiger charge is -2.17. The minimum atomic E-state index is -0.117. The normalized spacial score (nSPS) is 18.1. The highest BCUT2D eigenvalue weighted by Crippen LogP contribution is 2.37. The quantitative estimate of drug-likeness (QED) is 0.711. The first-order valence-corrected chi connectivity index (χ1v) is 4.53. The van der Waals surface area contributed by atoms with Gasteiger partial charge in [-0.2, -0.15) is 0 Å². The first-order valence-electron chi connectivity index (χ1n) is 4.53. The molecule has 0 amide bonds. The summed E-state index contributed by atoms with van der Waals surface area (Å²) in [4.78, 5) is 0. The average molecular weight is 178 g/mol. The Hall–Kier alpha value is -1.02. The van der Waals surface area contributed by atoms with Gasteiger partial charge in [-0.3, -0.25) is 0 Å². The maximum absolute atomic E-state index is 9.09. The van der Waals surface area contributed by atoms with E-state index in [0.29, 0.717) is 0 Å². The predicted octanol–water partition coefficient (Wildman–Crippen LogP) is 1.89. The summed E-state index contributed by atoms with van der Waals surface area (Å²) in [5.74, 6) is 0.884. The lowest BCUT2D eigenvalue weighted by molar-refractivity contribution is 0.134. The molecule has 1 aliphatic heterocycles. The van der Waals surface area contributed by atoms with Gasteiger partial charge in [0.15, 0.2) is 0 Å². The summed E-state index contributed by atoms with van der Waals surface area (Å²) in [7, 11) is 0. The van der Waals surface area contributed by atoms with E-state index >= 15 is 0 Å². The van der Waals surface area contributed by atoms with Crippen molar-refractivity contribution in [1.82, 2.24) is 0 Å². The molecule has 1 aliphatic rings. The molecule has 2 nitrogen and oxygen atoms in total. The van der Waals surface area contributed by atoms with Gasteiger partial charge in [-0.25, -0.2) is 0 Å². The second-order valence-electron chi connectivity index (χ2n) is 4.10. The minimum Gasteiger partial charge on any atom is -0.487 e. The third-order valence-corrected chi connectivity index (χ3v) is 2.34. The molecule has 2 heteroatoms. The molecule has 13 heavy (non-hydrogen) atoms. The van der Waals surface area contributed by atoms with Crippen LogP contribution >= 0.6 is 0 Å². The van der Waals surface area contributed by atoms with Crippen LogP contribution in [0.25, 0.3) is 0 Å². The molecule has 0 saturated carbocycles. The lowest BCUT2D eigenvalue weighted by atomic mass is 10.0. The highest BCUT2D eigenvalue weighted by Gasteiger charge is 2.31. The van der Waals surface area contributed by atoms with Crippen molar-refractivity contribution < 1.29 is 9.84 Å². The molecule has 70 valence electrons. The molecule has 0 saturated heterocycles. The molecule has 1 aromatic carbocycles. The number of para-hydroxylation sites is 1. The molecule has 2 rings (SSSR count). The molecule has 1 heterocycles. The highest BCUT2D eigenvalue weighted by molar-refractivity contribution is 5.45. The van der Waals surface area contributed by atoms with Crippen LogP contribution in [-0.2, 0) is 13.0 Å². The van der Waals surface area contributed by atoms with E-state index in [2.05, 4.69) is 19.9 Å². The number of benzene rings is 1. The van der Waals surface area contributed by atoms with Gasteiger partial charge >= 0.3 is 0 Å². The van der Waals surface area contributed by atoms with Crippen molar-refractivity contribution in [1.29, 1.82) is 0 Å². The van der Waals surface area contributed by atoms with Crippen molar-refractivity contribution >= 4 is 0 Å². The number of hydrogen-bond donors (Lipinski definition) is 1. The number of rotatable bonds is 1. The number of aliphatic hydroxyl groups is 1. The molecule has 0 atom stereocenters. The molecule has 0 aliphatic carbocycles. The Morgan fingerprint density at radius 2 is 2.23 bits per heavy atom. The van der Waals surface area contributed by atoms with Gasteiger partial charge in [-0.15, -0.1) is 0 Å². The van der Waals surface area contributed by atoms with E-state index < -0.39 is 0 Å². The highest BCUT2D eigenvalue weighted by atomic mass is 16.5. The van der Waals surface area contributed by atoms with Crippen molar-refractivity contribution in [2.75, 3.05) is 0 Å². The topological polar surface area (TPSA) is 29.5 Å². The van der Waals surface area contributed by atoms with Crippen LogP contribution in [0.1, 0.15) is 25.0 Å². The molecule has 0 spiro atoms. The van der Waals surface area contributed by atoms with Crippen molar-refractivity contribution in [2.24, 2.45) is 0 Å². The Bertz CT molecular complexity index is 329. The first kappa shape index (κ1) is 8.57. The van der Waals surface area contributed by atoms with Gasteiger partial charge in [0.2, 0.25) is 0 Å². The third-order valence-electron chi connectivity index (χ3n) is 2.34. The Balaban J connectivity index is 2.45.